The molecule has 0 bridgehead atoms. The van der Waals surface area contributed by atoms with E-state index in [-0.39, 0.29) is 5.91 Å². The van der Waals surface area contributed by atoms with Crippen LogP contribution >= 0.6 is 27.7 Å². The number of likely N-dealkylation sites (tertiary alicyclic amines) is 1. The van der Waals surface area contributed by atoms with Crippen LogP contribution in [0, 0.1) is 0 Å². The van der Waals surface area contributed by atoms with E-state index in [1.54, 1.807) is 0 Å². The molecule has 1 aromatic carbocycles. The van der Waals surface area contributed by atoms with Crippen LogP contribution in [0.25, 0.3) is 11.4 Å². The minimum Gasteiger partial charge on any atom is -0.342 e. The Kier molecular flexibility index (Phi) is 4.68. The zero-order valence-electron chi connectivity index (χ0n) is 11.9. The van der Waals surface area contributed by atoms with Crippen molar-refractivity contribution in [2.75, 3.05) is 24.7 Å². The molecule has 0 radical (unpaired) electrons. The van der Waals surface area contributed by atoms with Gasteiger partial charge in [-0.2, -0.15) is 0 Å². The van der Waals surface area contributed by atoms with Crippen LogP contribution in [0.2, 0.25) is 0 Å². The van der Waals surface area contributed by atoms with Crippen molar-refractivity contribution in [3.8, 4) is 11.4 Å². The molecule has 1 aliphatic heterocycles. The molecule has 0 unspecified atom stereocenters. The number of halogens is 1. The SMILES string of the molecule is Nn1c(SCC(=O)N2CCCC2)nnc1-c1cccc(Br)c1. The first-order valence-electron chi connectivity index (χ1n) is 7.02. The highest BCUT2D eigenvalue weighted by Gasteiger charge is 2.19. The molecule has 1 amide bonds. The normalized spacial score (nSPS) is 14.5. The maximum Gasteiger partial charge on any atom is 0.233 e. The first-order valence-corrected chi connectivity index (χ1v) is 8.80. The van der Waals surface area contributed by atoms with Crippen LogP contribution in [-0.4, -0.2) is 44.5 Å². The van der Waals surface area contributed by atoms with E-state index >= 15 is 0 Å². The zero-order valence-corrected chi connectivity index (χ0v) is 14.3. The van der Waals surface area contributed by atoms with Gasteiger partial charge in [0.1, 0.15) is 0 Å². The number of thioether (sulfide) groups is 1. The Balaban J connectivity index is 1.69. The Labute approximate surface area is 141 Å². The summed E-state index contributed by atoms with van der Waals surface area (Å²) in [6, 6.07) is 7.70. The molecule has 22 heavy (non-hydrogen) atoms. The fourth-order valence-corrected chi connectivity index (χ4v) is 3.54. The second kappa shape index (κ2) is 6.70. The second-order valence-electron chi connectivity index (χ2n) is 5.06. The lowest BCUT2D eigenvalue weighted by Gasteiger charge is -2.14. The van der Waals surface area contributed by atoms with Crippen LogP contribution in [0.15, 0.2) is 33.9 Å². The molecule has 0 saturated carbocycles. The summed E-state index contributed by atoms with van der Waals surface area (Å²) in [6.07, 6.45) is 2.19. The third-order valence-corrected chi connectivity index (χ3v) is 4.95. The Morgan fingerprint density at radius 2 is 2.09 bits per heavy atom. The number of aromatic nitrogens is 3. The summed E-state index contributed by atoms with van der Waals surface area (Å²) in [7, 11) is 0. The van der Waals surface area contributed by atoms with Crippen molar-refractivity contribution in [3.63, 3.8) is 0 Å². The van der Waals surface area contributed by atoms with Gasteiger partial charge < -0.3 is 10.7 Å². The van der Waals surface area contributed by atoms with Gasteiger partial charge in [-0.3, -0.25) is 4.79 Å². The third kappa shape index (κ3) is 3.27. The second-order valence-corrected chi connectivity index (χ2v) is 6.92. The summed E-state index contributed by atoms with van der Waals surface area (Å²) in [4.78, 5) is 13.9. The smallest absolute Gasteiger partial charge is 0.233 e. The van der Waals surface area contributed by atoms with Gasteiger partial charge in [0.15, 0.2) is 5.82 Å². The van der Waals surface area contributed by atoms with E-state index in [0.29, 0.717) is 16.7 Å². The van der Waals surface area contributed by atoms with Crippen molar-refractivity contribution in [1.82, 2.24) is 19.8 Å². The van der Waals surface area contributed by atoms with Crippen LogP contribution < -0.4 is 5.84 Å². The molecule has 0 spiro atoms. The van der Waals surface area contributed by atoms with Gasteiger partial charge in [0, 0.05) is 23.1 Å². The predicted molar refractivity (Wildman–Crippen MR) is 89.8 cm³/mol. The van der Waals surface area contributed by atoms with Gasteiger partial charge in [-0.05, 0) is 25.0 Å². The van der Waals surface area contributed by atoms with E-state index in [9.17, 15) is 4.79 Å². The van der Waals surface area contributed by atoms with Gasteiger partial charge in [-0.1, -0.05) is 39.8 Å². The topological polar surface area (TPSA) is 77.0 Å². The molecule has 0 aliphatic carbocycles. The van der Waals surface area contributed by atoms with Gasteiger partial charge in [-0.25, -0.2) is 4.68 Å². The molecule has 2 aromatic rings. The summed E-state index contributed by atoms with van der Waals surface area (Å²) in [5.74, 6) is 7.11. The Bertz CT molecular complexity index is 684. The molecule has 116 valence electrons. The summed E-state index contributed by atoms with van der Waals surface area (Å²) in [5.41, 5.74) is 0.877. The number of nitrogen functional groups attached to an aromatic ring is 1. The van der Waals surface area contributed by atoms with Gasteiger partial charge in [-0.15, -0.1) is 10.2 Å². The van der Waals surface area contributed by atoms with E-state index in [1.807, 2.05) is 29.2 Å². The summed E-state index contributed by atoms with van der Waals surface area (Å²) < 4.78 is 2.38. The van der Waals surface area contributed by atoms with Crippen molar-refractivity contribution in [2.24, 2.45) is 0 Å². The summed E-state index contributed by atoms with van der Waals surface area (Å²) >= 11 is 4.75. The van der Waals surface area contributed by atoms with E-state index in [2.05, 4.69) is 26.1 Å². The number of hydrogen-bond acceptors (Lipinski definition) is 5. The van der Waals surface area contributed by atoms with Crippen LogP contribution in [0.4, 0.5) is 0 Å². The average Bonchev–Trinajstić information content (AvgIpc) is 3.15. The van der Waals surface area contributed by atoms with E-state index in [1.165, 1.54) is 16.4 Å². The van der Waals surface area contributed by atoms with Gasteiger partial charge in [0.2, 0.25) is 11.1 Å². The molecular weight excluding hydrogens is 366 g/mol. The monoisotopic (exact) mass is 381 g/mol. The molecule has 1 saturated heterocycles. The maximum absolute atomic E-state index is 12.1. The number of rotatable bonds is 4. The Morgan fingerprint density at radius 3 is 2.82 bits per heavy atom. The fourth-order valence-electron chi connectivity index (χ4n) is 2.38. The molecule has 3 rings (SSSR count). The number of hydrogen-bond donors (Lipinski definition) is 1. The van der Waals surface area contributed by atoms with Crippen molar-refractivity contribution in [1.29, 1.82) is 0 Å². The average molecular weight is 382 g/mol. The van der Waals surface area contributed by atoms with Crippen LogP contribution in [0.3, 0.4) is 0 Å². The highest BCUT2D eigenvalue weighted by atomic mass is 79.9. The molecule has 1 aromatic heterocycles. The number of carbonyl (C=O) groups is 1. The number of carbonyl (C=O) groups excluding carboxylic acids is 1. The van der Waals surface area contributed by atoms with Crippen molar-refractivity contribution in [2.45, 2.75) is 18.0 Å². The first-order chi connectivity index (χ1) is 10.6. The van der Waals surface area contributed by atoms with E-state index in [4.69, 9.17) is 5.84 Å². The minimum absolute atomic E-state index is 0.134. The van der Waals surface area contributed by atoms with Crippen molar-refractivity contribution >= 4 is 33.6 Å². The molecule has 1 aliphatic rings. The van der Waals surface area contributed by atoms with Gasteiger partial charge in [0.25, 0.3) is 0 Å². The lowest BCUT2D eigenvalue weighted by atomic mass is 10.2. The predicted octanol–water partition coefficient (Wildman–Crippen LogP) is 2.14. The van der Waals surface area contributed by atoms with E-state index in [0.717, 1.165) is 36.0 Å². The van der Waals surface area contributed by atoms with Crippen LogP contribution in [0.1, 0.15) is 12.8 Å². The quantitative estimate of drug-likeness (QED) is 0.648. The third-order valence-electron chi connectivity index (χ3n) is 3.53. The van der Waals surface area contributed by atoms with Crippen molar-refractivity contribution in [3.05, 3.63) is 28.7 Å². The highest BCUT2D eigenvalue weighted by molar-refractivity contribution is 9.10. The summed E-state index contributed by atoms with van der Waals surface area (Å²) in [6.45, 7) is 1.72. The molecule has 6 nitrogen and oxygen atoms in total. The lowest BCUT2D eigenvalue weighted by Crippen LogP contribution is -2.29. The molecule has 8 heteroatoms. The number of nitrogens with two attached hydrogens (primary N) is 1. The van der Waals surface area contributed by atoms with E-state index < -0.39 is 0 Å². The molecule has 2 heterocycles. The largest absolute Gasteiger partial charge is 0.342 e. The highest BCUT2D eigenvalue weighted by Crippen LogP contribution is 2.24. The molecule has 2 N–H and O–H groups in total. The number of amides is 1. The molecule has 0 atom stereocenters. The van der Waals surface area contributed by atoms with Crippen LogP contribution in [0.5, 0.6) is 0 Å². The molecule has 1 fully saturated rings. The summed E-state index contributed by atoms with van der Waals surface area (Å²) in [5, 5.41) is 8.75. The van der Waals surface area contributed by atoms with Crippen molar-refractivity contribution < 1.29 is 4.79 Å². The minimum atomic E-state index is 0.134. The standard InChI is InChI=1S/C14H16BrN5OS/c15-11-5-3-4-10(8-11)13-17-18-14(20(13)16)22-9-12(21)19-6-1-2-7-19/h3-5,8H,1-2,6-7,9,16H2. The van der Waals surface area contributed by atoms with Gasteiger partial charge in [0.05, 0.1) is 5.75 Å². The lowest BCUT2D eigenvalue weighted by molar-refractivity contribution is -0.127. The zero-order chi connectivity index (χ0) is 15.5. The number of benzene rings is 1. The van der Waals surface area contributed by atoms with Gasteiger partial charge >= 0.3 is 0 Å². The molecular formula is C14H16BrN5OS. The fraction of sp³-hybridized carbons (Fsp3) is 0.357. The number of nitrogens with zero attached hydrogens (tertiary/aromatic N) is 4. The first kappa shape index (κ1) is 15.4. The Hall–Kier alpha value is -1.54. The van der Waals surface area contributed by atoms with Crippen LogP contribution in [-0.2, 0) is 4.79 Å². The maximum atomic E-state index is 12.1. The Morgan fingerprint density at radius 1 is 1.32 bits per heavy atom.